The van der Waals surface area contributed by atoms with E-state index in [9.17, 15) is 24.3 Å². The van der Waals surface area contributed by atoms with Gasteiger partial charge in [0.2, 0.25) is 5.91 Å². The molecule has 1 unspecified atom stereocenters. The third-order valence-corrected chi connectivity index (χ3v) is 7.35. The molecule has 0 fully saturated rings. The summed E-state index contributed by atoms with van der Waals surface area (Å²) in [6.07, 6.45) is 0. The van der Waals surface area contributed by atoms with E-state index in [1.54, 1.807) is 36.4 Å². The van der Waals surface area contributed by atoms with E-state index in [-0.39, 0.29) is 17.0 Å². The maximum Gasteiger partial charge on any atom is 0.336 e. The second-order valence-corrected chi connectivity index (χ2v) is 10.3. The van der Waals surface area contributed by atoms with Crippen molar-refractivity contribution < 1.29 is 29.4 Å². The lowest BCUT2D eigenvalue weighted by molar-refractivity contribution is -0.115. The summed E-state index contributed by atoms with van der Waals surface area (Å²) in [4.78, 5) is 49.5. The van der Waals surface area contributed by atoms with Gasteiger partial charge in [0.15, 0.2) is 0 Å². The van der Waals surface area contributed by atoms with E-state index in [0.29, 0.717) is 11.4 Å². The number of amides is 2. The zero-order valence-corrected chi connectivity index (χ0v) is 22.5. The number of nitrogens with one attached hydrogen (secondary N) is 2. The van der Waals surface area contributed by atoms with Crippen LogP contribution in [0.1, 0.15) is 41.9 Å². The average Bonchev–Trinajstić information content (AvgIpc) is 2.93. The van der Waals surface area contributed by atoms with Crippen LogP contribution in [0.3, 0.4) is 0 Å². The predicted molar refractivity (Wildman–Crippen MR) is 153 cm³/mol. The van der Waals surface area contributed by atoms with Crippen LogP contribution in [0.25, 0.3) is 0 Å². The number of hydrogen-bond acceptors (Lipinski definition) is 5. The number of anilines is 2. The van der Waals surface area contributed by atoms with Crippen molar-refractivity contribution in [3.63, 3.8) is 0 Å². The molecule has 0 saturated heterocycles. The third-order valence-electron chi connectivity index (χ3n) is 5.56. The summed E-state index contributed by atoms with van der Waals surface area (Å²) in [5, 5.41) is 23.6. The van der Waals surface area contributed by atoms with Gasteiger partial charge in [-0.1, -0.05) is 46.3 Å². The number of aromatic carboxylic acids is 2. The minimum Gasteiger partial charge on any atom is -0.478 e. The maximum absolute atomic E-state index is 13.2. The van der Waals surface area contributed by atoms with Crippen LogP contribution < -0.4 is 10.6 Å². The molecule has 1 atom stereocenters. The molecule has 0 aliphatic heterocycles. The summed E-state index contributed by atoms with van der Waals surface area (Å²) in [5.74, 6) is -3.60. The largest absolute Gasteiger partial charge is 0.478 e. The number of carbonyl (C=O) groups excluding carboxylic acids is 2. The number of carbonyl (C=O) groups is 4. The minimum atomic E-state index is -1.41. The topological polar surface area (TPSA) is 133 Å². The van der Waals surface area contributed by atoms with Crippen molar-refractivity contribution in [2.24, 2.45) is 0 Å². The lowest BCUT2D eigenvalue weighted by Crippen LogP contribution is -2.19. The van der Waals surface area contributed by atoms with Crippen molar-refractivity contribution in [1.82, 2.24) is 0 Å². The normalized spacial score (nSPS) is 11.3. The highest BCUT2D eigenvalue weighted by Crippen LogP contribution is 2.37. The molecule has 0 saturated carbocycles. The van der Waals surface area contributed by atoms with Gasteiger partial charge in [-0.2, -0.15) is 0 Å². The summed E-state index contributed by atoms with van der Waals surface area (Å²) >= 11 is 4.72. The molecule has 10 heteroatoms. The summed E-state index contributed by atoms with van der Waals surface area (Å²) in [6, 6.07) is 26.7. The smallest absolute Gasteiger partial charge is 0.336 e. The second-order valence-electron chi connectivity index (χ2n) is 8.25. The Labute approximate surface area is 236 Å². The van der Waals surface area contributed by atoms with Gasteiger partial charge in [0, 0.05) is 20.7 Å². The Kier molecular flexibility index (Phi) is 8.80. The van der Waals surface area contributed by atoms with Crippen molar-refractivity contribution in [2.45, 2.75) is 10.1 Å². The van der Waals surface area contributed by atoms with Gasteiger partial charge in [-0.05, 0) is 72.3 Å². The Morgan fingerprint density at radius 3 is 1.92 bits per heavy atom. The highest BCUT2D eigenvalue weighted by Gasteiger charge is 2.23. The number of rotatable bonds is 9. The van der Waals surface area contributed by atoms with Crippen LogP contribution in [-0.4, -0.2) is 34.0 Å². The number of carboxylic acid groups (broad SMARTS) is 2. The first-order valence-electron chi connectivity index (χ1n) is 11.5. The SMILES string of the molecule is O=C(O)c1ccc(C(=O)Nc2ccc(SC(C(=O)Nc3ccc(Br)cc3)c3ccccc3)cc2)c(C(=O)O)c1. The van der Waals surface area contributed by atoms with E-state index in [1.165, 1.54) is 23.9 Å². The van der Waals surface area contributed by atoms with E-state index in [0.717, 1.165) is 21.0 Å². The third kappa shape index (κ3) is 7.13. The van der Waals surface area contributed by atoms with Crippen LogP contribution in [0.5, 0.6) is 0 Å². The summed E-state index contributed by atoms with van der Waals surface area (Å²) in [6.45, 7) is 0. The van der Waals surface area contributed by atoms with E-state index in [4.69, 9.17) is 5.11 Å². The van der Waals surface area contributed by atoms with Gasteiger partial charge in [0.05, 0.1) is 16.7 Å². The van der Waals surface area contributed by atoms with Gasteiger partial charge in [-0.25, -0.2) is 9.59 Å². The molecule has 196 valence electrons. The van der Waals surface area contributed by atoms with Crippen LogP contribution in [0, 0.1) is 0 Å². The number of halogens is 1. The van der Waals surface area contributed by atoms with Gasteiger partial charge in [-0.3, -0.25) is 9.59 Å². The molecule has 8 nitrogen and oxygen atoms in total. The van der Waals surface area contributed by atoms with Crippen LogP contribution in [-0.2, 0) is 4.79 Å². The number of thioether (sulfide) groups is 1. The second kappa shape index (κ2) is 12.4. The zero-order valence-electron chi connectivity index (χ0n) is 20.1. The van der Waals surface area contributed by atoms with Crippen molar-refractivity contribution >= 4 is 62.8 Å². The quantitative estimate of drug-likeness (QED) is 0.159. The van der Waals surface area contributed by atoms with Crippen LogP contribution in [0.2, 0.25) is 0 Å². The Balaban J connectivity index is 1.50. The fraction of sp³-hybridized carbons (Fsp3) is 0.0345. The average molecular weight is 605 g/mol. The lowest BCUT2D eigenvalue weighted by atomic mass is 10.0. The number of carboxylic acids is 2. The van der Waals surface area contributed by atoms with Gasteiger partial charge in [0.1, 0.15) is 5.25 Å². The fourth-order valence-corrected chi connectivity index (χ4v) is 4.93. The van der Waals surface area contributed by atoms with Crippen molar-refractivity contribution in [2.75, 3.05) is 10.6 Å². The first-order chi connectivity index (χ1) is 18.7. The molecular weight excluding hydrogens is 584 g/mol. The lowest BCUT2D eigenvalue weighted by Gasteiger charge is -2.17. The van der Waals surface area contributed by atoms with E-state index >= 15 is 0 Å². The molecular formula is C29H21BrN2O6S. The van der Waals surface area contributed by atoms with Gasteiger partial charge in [-0.15, -0.1) is 11.8 Å². The minimum absolute atomic E-state index is 0.167. The first-order valence-corrected chi connectivity index (χ1v) is 13.2. The van der Waals surface area contributed by atoms with Crippen molar-refractivity contribution in [3.8, 4) is 0 Å². The molecule has 4 N–H and O–H groups in total. The molecule has 0 spiro atoms. The van der Waals surface area contributed by atoms with E-state index in [2.05, 4.69) is 26.6 Å². The van der Waals surface area contributed by atoms with Crippen LogP contribution >= 0.6 is 27.7 Å². The molecule has 0 radical (unpaired) electrons. The van der Waals surface area contributed by atoms with Crippen LogP contribution in [0.4, 0.5) is 11.4 Å². The van der Waals surface area contributed by atoms with Crippen LogP contribution in [0.15, 0.2) is 106 Å². The molecule has 0 bridgehead atoms. The molecule has 0 aliphatic rings. The molecule has 0 aliphatic carbocycles. The number of hydrogen-bond donors (Lipinski definition) is 4. The fourth-order valence-electron chi connectivity index (χ4n) is 3.65. The van der Waals surface area contributed by atoms with Gasteiger partial charge < -0.3 is 20.8 Å². The van der Waals surface area contributed by atoms with Gasteiger partial charge in [0.25, 0.3) is 5.91 Å². The Morgan fingerprint density at radius 2 is 1.31 bits per heavy atom. The Morgan fingerprint density at radius 1 is 0.692 bits per heavy atom. The standard InChI is InChI=1S/C29H21BrN2O6S/c30-19-7-9-20(10-8-19)32-27(34)25(17-4-2-1-3-5-17)39-22-13-11-21(12-14-22)31-26(33)23-15-6-18(28(35)36)16-24(23)29(37)38/h1-16,25H,(H,31,33)(H,32,34)(H,35,36)(H,37,38). The molecule has 0 aromatic heterocycles. The molecule has 39 heavy (non-hydrogen) atoms. The molecule has 4 aromatic rings. The molecule has 0 heterocycles. The van der Waals surface area contributed by atoms with Crippen molar-refractivity contribution in [1.29, 1.82) is 0 Å². The number of benzene rings is 4. The summed E-state index contributed by atoms with van der Waals surface area (Å²) in [5.41, 5.74) is 1.07. The molecule has 4 aromatic carbocycles. The Hall–Kier alpha value is -4.41. The summed E-state index contributed by atoms with van der Waals surface area (Å²) in [7, 11) is 0. The first kappa shape index (κ1) is 27.6. The monoisotopic (exact) mass is 604 g/mol. The molecule has 4 rings (SSSR count). The Bertz CT molecular complexity index is 1530. The van der Waals surface area contributed by atoms with Crippen molar-refractivity contribution in [3.05, 3.63) is 124 Å². The predicted octanol–water partition coefficient (Wildman–Crippen LogP) is 6.57. The zero-order chi connectivity index (χ0) is 27.9. The molecule has 2 amide bonds. The maximum atomic E-state index is 13.2. The summed E-state index contributed by atoms with van der Waals surface area (Å²) < 4.78 is 0.901. The van der Waals surface area contributed by atoms with Gasteiger partial charge >= 0.3 is 11.9 Å². The van der Waals surface area contributed by atoms with E-state index < -0.39 is 28.7 Å². The van der Waals surface area contributed by atoms with E-state index in [1.807, 2.05) is 42.5 Å². The highest BCUT2D eigenvalue weighted by molar-refractivity contribution is 9.10. The highest BCUT2D eigenvalue weighted by atomic mass is 79.9.